The van der Waals surface area contributed by atoms with Gasteiger partial charge in [0.1, 0.15) is 22.9 Å². The van der Waals surface area contributed by atoms with Gasteiger partial charge < -0.3 is 15.8 Å². The topological polar surface area (TPSA) is 64.3 Å². The SMILES string of the molecule is COc1ccc(N)c(NC(=O)c2c(F)cc(Br)cc2F)c1. The Morgan fingerprint density at radius 3 is 2.43 bits per heavy atom. The van der Waals surface area contributed by atoms with Crippen molar-refractivity contribution in [3.8, 4) is 5.75 Å². The summed E-state index contributed by atoms with van der Waals surface area (Å²) in [5, 5.41) is 2.36. The predicted octanol–water partition coefficient (Wildman–Crippen LogP) is 3.57. The molecule has 0 unspecified atom stereocenters. The second-order valence-electron chi connectivity index (χ2n) is 4.15. The third kappa shape index (κ3) is 3.30. The molecule has 0 saturated heterocycles. The number of hydrogen-bond acceptors (Lipinski definition) is 3. The number of rotatable bonds is 3. The number of halogens is 3. The van der Waals surface area contributed by atoms with Gasteiger partial charge in [-0.2, -0.15) is 0 Å². The van der Waals surface area contributed by atoms with E-state index in [-0.39, 0.29) is 15.8 Å². The van der Waals surface area contributed by atoms with E-state index in [0.717, 1.165) is 12.1 Å². The van der Waals surface area contributed by atoms with Crippen molar-refractivity contribution in [2.45, 2.75) is 0 Å². The summed E-state index contributed by atoms with van der Waals surface area (Å²) in [4.78, 5) is 12.0. The molecule has 2 aromatic rings. The summed E-state index contributed by atoms with van der Waals surface area (Å²) >= 11 is 2.95. The average Bonchev–Trinajstić information content (AvgIpc) is 2.40. The van der Waals surface area contributed by atoms with Gasteiger partial charge in [-0.25, -0.2) is 8.78 Å². The fraction of sp³-hybridized carbons (Fsp3) is 0.0714. The van der Waals surface area contributed by atoms with E-state index in [1.807, 2.05) is 0 Å². The summed E-state index contributed by atoms with van der Waals surface area (Å²) in [6.45, 7) is 0. The molecule has 0 saturated carbocycles. The van der Waals surface area contributed by atoms with Crippen LogP contribution in [-0.4, -0.2) is 13.0 Å². The standard InChI is InChI=1S/C14H11BrF2N2O2/c1-21-8-2-3-11(18)12(6-8)19-14(20)13-9(16)4-7(15)5-10(13)17/h2-6H,18H2,1H3,(H,19,20). The van der Waals surface area contributed by atoms with E-state index >= 15 is 0 Å². The molecule has 0 aromatic heterocycles. The fourth-order valence-corrected chi connectivity index (χ4v) is 2.12. The normalized spacial score (nSPS) is 10.3. The Morgan fingerprint density at radius 1 is 1.24 bits per heavy atom. The van der Waals surface area contributed by atoms with Crippen molar-refractivity contribution in [3.63, 3.8) is 0 Å². The zero-order valence-electron chi connectivity index (χ0n) is 10.9. The van der Waals surface area contributed by atoms with Crippen LogP contribution < -0.4 is 15.8 Å². The van der Waals surface area contributed by atoms with E-state index in [4.69, 9.17) is 10.5 Å². The number of anilines is 2. The number of carbonyl (C=O) groups excluding carboxylic acids is 1. The predicted molar refractivity (Wildman–Crippen MR) is 79.4 cm³/mol. The van der Waals surface area contributed by atoms with E-state index in [0.29, 0.717) is 5.75 Å². The molecule has 1 amide bonds. The van der Waals surface area contributed by atoms with Gasteiger partial charge in [-0.3, -0.25) is 4.79 Å². The molecule has 0 fully saturated rings. The highest BCUT2D eigenvalue weighted by Gasteiger charge is 2.19. The van der Waals surface area contributed by atoms with Crippen LogP contribution in [0.25, 0.3) is 0 Å². The number of amides is 1. The highest BCUT2D eigenvalue weighted by atomic mass is 79.9. The molecule has 3 N–H and O–H groups in total. The van der Waals surface area contributed by atoms with Crippen LogP contribution in [0.4, 0.5) is 20.2 Å². The molecule has 0 aliphatic carbocycles. The first kappa shape index (κ1) is 15.2. The maximum absolute atomic E-state index is 13.7. The molecular weight excluding hydrogens is 346 g/mol. The van der Waals surface area contributed by atoms with Gasteiger partial charge in [-0.1, -0.05) is 15.9 Å². The monoisotopic (exact) mass is 356 g/mol. The Hall–Kier alpha value is -2.15. The second-order valence-corrected chi connectivity index (χ2v) is 5.07. The van der Waals surface area contributed by atoms with Gasteiger partial charge in [0.05, 0.1) is 18.5 Å². The Kier molecular flexibility index (Phi) is 4.42. The molecule has 0 bridgehead atoms. The maximum atomic E-state index is 13.7. The molecule has 0 aliphatic heterocycles. The van der Waals surface area contributed by atoms with Gasteiger partial charge in [-0.15, -0.1) is 0 Å². The third-order valence-corrected chi connectivity index (χ3v) is 3.20. The molecule has 4 nitrogen and oxygen atoms in total. The summed E-state index contributed by atoms with van der Waals surface area (Å²) in [6.07, 6.45) is 0. The number of carbonyl (C=O) groups is 1. The first-order chi connectivity index (χ1) is 9.92. The van der Waals surface area contributed by atoms with Crippen molar-refractivity contribution in [2.24, 2.45) is 0 Å². The molecule has 21 heavy (non-hydrogen) atoms. The molecule has 0 atom stereocenters. The molecular formula is C14H11BrF2N2O2. The van der Waals surface area contributed by atoms with Crippen molar-refractivity contribution in [3.05, 3.63) is 52.0 Å². The van der Waals surface area contributed by atoms with Crippen LogP contribution in [0.1, 0.15) is 10.4 Å². The van der Waals surface area contributed by atoms with Crippen LogP contribution in [0, 0.1) is 11.6 Å². The smallest absolute Gasteiger partial charge is 0.261 e. The lowest BCUT2D eigenvalue weighted by Gasteiger charge is -2.11. The van der Waals surface area contributed by atoms with E-state index < -0.39 is 23.1 Å². The average molecular weight is 357 g/mol. The summed E-state index contributed by atoms with van der Waals surface area (Å²) in [5.41, 5.74) is 5.49. The first-order valence-electron chi connectivity index (χ1n) is 5.81. The summed E-state index contributed by atoms with van der Waals surface area (Å²) in [7, 11) is 1.45. The zero-order valence-corrected chi connectivity index (χ0v) is 12.5. The number of benzene rings is 2. The van der Waals surface area contributed by atoms with Crippen LogP contribution in [0.15, 0.2) is 34.8 Å². The lowest BCUT2D eigenvalue weighted by atomic mass is 10.1. The van der Waals surface area contributed by atoms with E-state index in [9.17, 15) is 13.6 Å². The largest absolute Gasteiger partial charge is 0.497 e. The lowest BCUT2D eigenvalue weighted by molar-refractivity contribution is 0.101. The van der Waals surface area contributed by atoms with Crippen molar-refractivity contribution >= 4 is 33.2 Å². The van der Waals surface area contributed by atoms with Gasteiger partial charge in [-0.05, 0) is 24.3 Å². The van der Waals surface area contributed by atoms with Crippen molar-refractivity contribution in [1.29, 1.82) is 0 Å². The Labute approximate surface area is 128 Å². The minimum Gasteiger partial charge on any atom is -0.497 e. The molecule has 0 aliphatic rings. The van der Waals surface area contributed by atoms with Crippen LogP contribution in [0.3, 0.4) is 0 Å². The van der Waals surface area contributed by atoms with Gasteiger partial charge >= 0.3 is 0 Å². The molecule has 2 rings (SSSR count). The third-order valence-electron chi connectivity index (χ3n) is 2.74. The van der Waals surface area contributed by atoms with Crippen LogP contribution in [0.5, 0.6) is 5.75 Å². The number of nitrogens with one attached hydrogen (secondary N) is 1. The minimum absolute atomic E-state index is 0.204. The first-order valence-corrected chi connectivity index (χ1v) is 6.61. The summed E-state index contributed by atoms with van der Waals surface area (Å²) < 4.78 is 32.7. The molecule has 110 valence electrons. The number of hydrogen-bond donors (Lipinski definition) is 2. The molecule has 2 aromatic carbocycles. The summed E-state index contributed by atoms with van der Waals surface area (Å²) in [5.74, 6) is -2.42. The van der Waals surface area contributed by atoms with Gasteiger partial charge in [0.15, 0.2) is 0 Å². The lowest BCUT2D eigenvalue weighted by Crippen LogP contribution is -2.17. The van der Waals surface area contributed by atoms with Gasteiger partial charge in [0.2, 0.25) is 0 Å². The van der Waals surface area contributed by atoms with Gasteiger partial charge in [0, 0.05) is 10.5 Å². The maximum Gasteiger partial charge on any atom is 0.261 e. The molecule has 7 heteroatoms. The quantitative estimate of drug-likeness (QED) is 0.826. The van der Waals surface area contributed by atoms with Crippen LogP contribution >= 0.6 is 15.9 Å². The van der Waals surface area contributed by atoms with Crippen LogP contribution in [0.2, 0.25) is 0 Å². The van der Waals surface area contributed by atoms with Crippen molar-refractivity contribution in [2.75, 3.05) is 18.2 Å². The number of ether oxygens (including phenoxy) is 1. The van der Waals surface area contributed by atoms with E-state index in [1.54, 1.807) is 6.07 Å². The number of nitrogen functional groups attached to an aromatic ring is 1. The number of nitrogens with two attached hydrogens (primary N) is 1. The molecule has 0 spiro atoms. The number of methoxy groups -OCH3 is 1. The summed E-state index contributed by atoms with van der Waals surface area (Å²) in [6, 6.07) is 6.59. The zero-order chi connectivity index (χ0) is 15.6. The Morgan fingerprint density at radius 2 is 1.86 bits per heavy atom. The van der Waals surface area contributed by atoms with E-state index in [2.05, 4.69) is 21.2 Å². The van der Waals surface area contributed by atoms with Crippen LogP contribution in [-0.2, 0) is 0 Å². The highest BCUT2D eigenvalue weighted by Crippen LogP contribution is 2.26. The van der Waals surface area contributed by atoms with Gasteiger partial charge in [0.25, 0.3) is 5.91 Å². The van der Waals surface area contributed by atoms with E-state index in [1.165, 1.54) is 19.2 Å². The van der Waals surface area contributed by atoms with Crippen molar-refractivity contribution < 1.29 is 18.3 Å². The highest BCUT2D eigenvalue weighted by molar-refractivity contribution is 9.10. The molecule has 0 heterocycles. The Bertz CT molecular complexity index is 684. The Balaban J connectivity index is 2.35. The molecule has 0 radical (unpaired) electrons. The van der Waals surface area contributed by atoms with Crippen molar-refractivity contribution in [1.82, 2.24) is 0 Å². The fourth-order valence-electron chi connectivity index (χ4n) is 1.71. The second kappa shape index (κ2) is 6.09. The minimum atomic E-state index is -0.971.